The van der Waals surface area contributed by atoms with E-state index in [1.807, 2.05) is 25.1 Å². The Bertz CT molecular complexity index is 800. The van der Waals surface area contributed by atoms with Crippen molar-refractivity contribution in [1.29, 1.82) is 0 Å². The van der Waals surface area contributed by atoms with E-state index in [4.69, 9.17) is 5.73 Å². The molecule has 2 heterocycles. The highest BCUT2D eigenvalue weighted by Gasteiger charge is 2.11. The third-order valence-electron chi connectivity index (χ3n) is 2.72. The Morgan fingerprint density at radius 1 is 1.20 bits per heavy atom. The molecule has 7 heteroatoms. The predicted molar refractivity (Wildman–Crippen MR) is 91.7 cm³/mol. The quantitative estimate of drug-likeness (QED) is 0.630. The number of nitrogen functional groups attached to an aromatic ring is 1. The van der Waals surface area contributed by atoms with Gasteiger partial charge in [-0.15, -0.1) is 11.3 Å². The molecule has 0 bridgehead atoms. The van der Waals surface area contributed by atoms with E-state index in [-0.39, 0.29) is 5.95 Å². The highest BCUT2D eigenvalue weighted by Crippen LogP contribution is 2.33. The SMILES string of the molecule is Cc1cc2c(Nc3ccc(Br)cc3Br)nc(N)nc2s1. The summed E-state index contributed by atoms with van der Waals surface area (Å²) < 4.78 is 1.96. The van der Waals surface area contributed by atoms with Crippen molar-refractivity contribution in [2.45, 2.75) is 6.92 Å². The van der Waals surface area contributed by atoms with Gasteiger partial charge in [0.15, 0.2) is 0 Å². The molecule has 0 aliphatic carbocycles. The number of thiophene rings is 1. The smallest absolute Gasteiger partial charge is 0.223 e. The fourth-order valence-electron chi connectivity index (χ4n) is 1.87. The summed E-state index contributed by atoms with van der Waals surface area (Å²) in [5.74, 6) is 0.995. The molecule has 0 atom stereocenters. The second-order valence-corrected chi connectivity index (χ2v) is 7.26. The lowest BCUT2D eigenvalue weighted by atomic mass is 10.3. The number of benzene rings is 1. The van der Waals surface area contributed by atoms with Crippen molar-refractivity contribution >= 4 is 70.9 Å². The van der Waals surface area contributed by atoms with Gasteiger partial charge in [-0.3, -0.25) is 0 Å². The van der Waals surface area contributed by atoms with Crippen molar-refractivity contribution in [1.82, 2.24) is 9.97 Å². The van der Waals surface area contributed by atoms with Gasteiger partial charge >= 0.3 is 0 Å². The van der Waals surface area contributed by atoms with Gasteiger partial charge in [0.2, 0.25) is 5.95 Å². The summed E-state index contributed by atoms with van der Waals surface area (Å²) >= 11 is 8.57. The Kier molecular flexibility index (Phi) is 3.66. The van der Waals surface area contributed by atoms with Crippen LogP contribution in [-0.2, 0) is 0 Å². The number of rotatable bonds is 2. The Morgan fingerprint density at radius 2 is 2.00 bits per heavy atom. The van der Waals surface area contributed by atoms with E-state index >= 15 is 0 Å². The van der Waals surface area contributed by atoms with Gasteiger partial charge < -0.3 is 11.1 Å². The van der Waals surface area contributed by atoms with Gasteiger partial charge in [0.05, 0.1) is 11.1 Å². The molecule has 0 saturated heterocycles. The molecule has 0 amide bonds. The number of nitrogens with zero attached hydrogens (tertiary/aromatic N) is 2. The van der Waals surface area contributed by atoms with Crippen LogP contribution < -0.4 is 11.1 Å². The predicted octanol–water partition coefficient (Wildman–Crippen LogP) is 4.85. The van der Waals surface area contributed by atoms with Gasteiger partial charge in [-0.25, -0.2) is 4.98 Å². The molecule has 0 fully saturated rings. The van der Waals surface area contributed by atoms with Crippen LogP contribution in [0.15, 0.2) is 33.2 Å². The van der Waals surface area contributed by atoms with E-state index in [2.05, 4.69) is 53.2 Å². The van der Waals surface area contributed by atoms with E-state index in [0.717, 1.165) is 30.7 Å². The largest absolute Gasteiger partial charge is 0.368 e. The molecule has 20 heavy (non-hydrogen) atoms. The van der Waals surface area contributed by atoms with Crippen LogP contribution in [0.25, 0.3) is 10.2 Å². The molecule has 0 saturated carbocycles. The standard InChI is InChI=1S/C13H10Br2N4S/c1-6-4-8-11(18-13(16)19-12(8)20-6)17-10-3-2-7(14)5-9(10)15/h2-5H,1H3,(H3,16,17,18,19). The molecule has 0 unspecified atom stereocenters. The minimum absolute atomic E-state index is 0.273. The fraction of sp³-hybridized carbons (Fsp3) is 0.0769. The van der Waals surface area contributed by atoms with Crippen molar-refractivity contribution in [3.63, 3.8) is 0 Å². The summed E-state index contributed by atoms with van der Waals surface area (Å²) in [5.41, 5.74) is 6.70. The second-order valence-electron chi connectivity index (χ2n) is 4.26. The van der Waals surface area contributed by atoms with E-state index in [1.165, 1.54) is 4.88 Å². The third kappa shape index (κ3) is 2.65. The molecule has 3 rings (SSSR count). The Morgan fingerprint density at radius 3 is 2.75 bits per heavy atom. The van der Waals surface area contributed by atoms with E-state index in [1.54, 1.807) is 11.3 Å². The van der Waals surface area contributed by atoms with E-state index in [0.29, 0.717) is 0 Å². The maximum absolute atomic E-state index is 5.77. The van der Waals surface area contributed by atoms with Crippen molar-refractivity contribution in [3.8, 4) is 0 Å². The lowest BCUT2D eigenvalue weighted by molar-refractivity contribution is 1.24. The van der Waals surface area contributed by atoms with E-state index < -0.39 is 0 Å². The van der Waals surface area contributed by atoms with Gasteiger partial charge in [-0.2, -0.15) is 4.98 Å². The lowest BCUT2D eigenvalue weighted by Gasteiger charge is -2.09. The van der Waals surface area contributed by atoms with Crippen LogP contribution in [0.5, 0.6) is 0 Å². The van der Waals surface area contributed by atoms with Crippen molar-refractivity contribution in [2.75, 3.05) is 11.1 Å². The molecule has 2 aromatic heterocycles. The summed E-state index contributed by atoms with van der Waals surface area (Å²) in [6, 6.07) is 7.97. The van der Waals surface area contributed by atoms with Crippen LogP contribution in [0.3, 0.4) is 0 Å². The summed E-state index contributed by atoms with van der Waals surface area (Å²) in [7, 11) is 0. The molecule has 102 valence electrons. The lowest BCUT2D eigenvalue weighted by Crippen LogP contribution is -2.00. The van der Waals surface area contributed by atoms with Gasteiger partial charge in [0.25, 0.3) is 0 Å². The Balaban J connectivity index is 2.10. The summed E-state index contributed by atoms with van der Waals surface area (Å²) in [6.45, 7) is 2.04. The average molecular weight is 414 g/mol. The van der Waals surface area contributed by atoms with Crippen LogP contribution >= 0.6 is 43.2 Å². The third-order valence-corrected chi connectivity index (χ3v) is 4.81. The van der Waals surface area contributed by atoms with Crippen LogP contribution in [0.2, 0.25) is 0 Å². The Labute approximate surface area is 136 Å². The fourth-order valence-corrected chi connectivity index (χ4v) is 3.90. The van der Waals surface area contributed by atoms with Crippen LogP contribution in [0.4, 0.5) is 17.5 Å². The van der Waals surface area contributed by atoms with Crippen LogP contribution in [0.1, 0.15) is 4.88 Å². The molecule has 0 radical (unpaired) electrons. The normalized spacial score (nSPS) is 10.9. The number of fused-ring (bicyclic) bond motifs is 1. The summed E-state index contributed by atoms with van der Waals surface area (Å²) in [4.78, 5) is 10.6. The molecule has 0 aliphatic heterocycles. The maximum Gasteiger partial charge on any atom is 0.223 e. The Hall–Kier alpha value is -1.18. The van der Waals surface area contributed by atoms with Crippen molar-refractivity contribution < 1.29 is 0 Å². The van der Waals surface area contributed by atoms with Crippen LogP contribution in [-0.4, -0.2) is 9.97 Å². The number of nitrogens with one attached hydrogen (secondary N) is 1. The number of anilines is 3. The zero-order chi connectivity index (χ0) is 14.3. The average Bonchev–Trinajstić information content (AvgIpc) is 2.73. The highest BCUT2D eigenvalue weighted by molar-refractivity contribution is 9.11. The van der Waals surface area contributed by atoms with Crippen molar-refractivity contribution in [3.05, 3.63) is 38.1 Å². The molecule has 3 N–H and O–H groups in total. The number of aromatic nitrogens is 2. The van der Waals surface area contributed by atoms with E-state index in [9.17, 15) is 0 Å². The molecule has 1 aromatic carbocycles. The molecule has 3 aromatic rings. The number of halogens is 2. The summed E-state index contributed by atoms with van der Waals surface area (Å²) in [6.07, 6.45) is 0. The van der Waals surface area contributed by atoms with Gasteiger partial charge in [-0.05, 0) is 47.1 Å². The van der Waals surface area contributed by atoms with Crippen LogP contribution in [0, 0.1) is 6.92 Å². The second kappa shape index (κ2) is 5.31. The topological polar surface area (TPSA) is 63.8 Å². The zero-order valence-electron chi connectivity index (χ0n) is 10.4. The number of hydrogen-bond acceptors (Lipinski definition) is 5. The highest BCUT2D eigenvalue weighted by atomic mass is 79.9. The minimum atomic E-state index is 0.273. The molecule has 0 aliphatic rings. The maximum atomic E-state index is 5.77. The first kappa shape index (κ1) is 13.8. The first-order valence-electron chi connectivity index (χ1n) is 5.78. The number of aryl methyl sites for hydroxylation is 1. The first-order chi connectivity index (χ1) is 9.52. The first-order valence-corrected chi connectivity index (χ1v) is 8.19. The van der Waals surface area contributed by atoms with Crippen molar-refractivity contribution in [2.24, 2.45) is 0 Å². The molecular weight excluding hydrogens is 404 g/mol. The molecule has 4 nitrogen and oxygen atoms in total. The molecule has 0 spiro atoms. The van der Waals surface area contributed by atoms with Gasteiger partial charge in [-0.1, -0.05) is 15.9 Å². The number of hydrogen-bond donors (Lipinski definition) is 2. The summed E-state index contributed by atoms with van der Waals surface area (Å²) in [5, 5.41) is 4.29. The van der Waals surface area contributed by atoms with Gasteiger partial charge in [0.1, 0.15) is 10.6 Å². The molecular formula is C13H10Br2N4S. The number of nitrogens with two attached hydrogens (primary N) is 1. The zero-order valence-corrected chi connectivity index (χ0v) is 14.4. The van der Waals surface area contributed by atoms with Gasteiger partial charge in [0, 0.05) is 13.8 Å². The minimum Gasteiger partial charge on any atom is -0.368 e. The monoisotopic (exact) mass is 412 g/mol.